The maximum Gasteiger partial charge on any atom is 0.118 e. The number of rotatable bonds is 6. The van der Waals surface area contributed by atoms with Crippen molar-refractivity contribution < 1.29 is 4.74 Å². The Kier molecular flexibility index (Phi) is 5.38. The van der Waals surface area contributed by atoms with Crippen LogP contribution < -0.4 is 10.5 Å². The van der Waals surface area contributed by atoms with Crippen LogP contribution in [-0.2, 0) is 13.5 Å². The third-order valence-electron chi connectivity index (χ3n) is 6.25. The molecule has 0 bridgehead atoms. The number of methoxy groups -OCH3 is 1. The second-order valence-electron chi connectivity index (χ2n) is 8.05. The first kappa shape index (κ1) is 19.0. The molecule has 1 aliphatic rings. The van der Waals surface area contributed by atoms with Gasteiger partial charge in [0, 0.05) is 55.9 Å². The second kappa shape index (κ2) is 7.94. The first-order valence-electron chi connectivity index (χ1n) is 10.1. The Morgan fingerprint density at radius 2 is 2.00 bits per heavy atom. The van der Waals surface area contributed by atoms with E-state index in [9.17, 15) is 0 Å². The van der Waals surface area contributed by atoms with Gasteiger partial charge in [-0.1, -0.05) is 12.1 Å². The van der Waals surface area contributed by atoms with Crippen LogP contribution in [0.3, 0.4) is 0 Å². The van der Waals surface area contributed by atoms with Crippen LogP contribution in [0.25, 0.3) is 10.9 Å². The van der Waals surface area contributed by atoms with Crippen molar-refractivity contribution in [1.82, 2.24) is 14.5 Å². The topological polar surface area (TPSA) is 56.3 Å². The molecule has 148 valence electrons. The van der Waals surface area contributed by atoms with Crippen LogP contribution in [-0.4, -0.2) is 46.7 Å². The highest BCUT2D eigenvalue weighted by Gasteiger charge is 2.34. The Bertz CT molecular complexity index is 933. The van der Waals surface area contributed by atoms with Gasteiger partial charge in [0.05, 0.1) is 18.8 Å². The predicted octanol–water partition coefficient (Wildman–Crippen LogP) is 3.33. The molecule has 1 aromatic carbocycles. The number of aromatic nitrogens is 2. The zero-order valence-corrected chi connectivity index (χ0v) is 17.0. The van der Waals surface area contributed by atoms with E-state index in [1.165, 1.54) is 22.0 Å². The molecule has 0 amide bonds. The molecule has 1 aliphatic heterocycles. The third kappa shape index (κ3) is 3.64. The van der Waals surface area contributed by atoms with Gasteiger partial charge in [-0.15, -0.1) is 0 Å². The molecular formula is C23H30N4O. The molecule has 3 heterocycles. The smallest absolute Gasteiger partial charge is 0.118 e. The lowest BCUT2D eigenvalue weighted by Gasteiger charge is -2.24. The first-order chi connectivity index (χ1) is 13.6. The van der Waals surface area contributed by atoms with Gasteiger partial charge >= 0.3 is 0 Å². The van der Waals surface area contributed by atoms with Gasteiger partial charge in [0.1, 0.15) is 5.75 Å². The van der Waals surface area contributed by atoms with Gasteiger partial charge in [-0.25, -0.2) is 0 Å². The fraction of sp³-hybridized carbons (Fsp3) is 0.435. The van der Waals surface area contributed by atoms with E-state index < -0.39 is 0 Å². The standard InChI is InChI=1S/C23H30N4O/c1-16(4-5-17-6-8-18(28-3)9-7-17)27-14-21(22(24)15-27)20-13-26(2)23-12-25-11-10-19(20)23/h6-13,16,21-22H,4-5,14-15,24H2,1-3H3/t16-,21+,22-/m1/s1. The van der Waals surface area contributed by atoms with E-state index in [1.54, 1.807) is 7.11 Å². The second-order valence-corrected chi connectivity index (χ2v) is 8.05. The van der Waals surface area contributed by atoms with Crippen molar-refractivity contribution in [2.45, 2.75) is 37.8 Å². The normalized spacial score (nSPS) is 21.3. The van der Waals surface area contributed by atoms with Gasteiger partial charge in [0.2, 0.25) is 0 Å². The number of aryl methyl sites for hydroxylation is 2. The minimum atomic E-state index is 0.169. The maximum atomic E-state index is 6.60. The van der Waals surface area contributed by atoms with E-state index in [2.05, 4.69) is 52.8 Å². The highest BCUT2D eigenvalue weighted by Crippen LogP contribution is 2.34. The van der Waals surface area contributed by atoms with E-state index in [0.29, 0.717) is 12.0 Å². The van der Waals surface area contributed by atoms with Crippen molar-refractivity contribution in [1.29, 1.82) is 0 Å². The summed E-state index contributed by atoms with van der Waals surface area (Å²) in [5.41, 5.74) is 10.5. The Hall–Kier alpha value is -2.37. The van der Waals surface area contributed by atoms with Gasteiger partial charge < -0.3 is 15.0 Å². The van der Waals surface area contributed by atoms with Gasteiger partial charge in [-0.05, 0) is 49.1 Å². The average molecular weight is 379 g/mol. The number of nitrogens with two attached hydrogens (primary N) is 1. The number of likely N-dealkylation sites (tertiary alicyclic amines) is 1. The monoisotopic (exact) mass is 378 g/mol. The van der Waals surface area contributed by atoms with Crippen LogP contribution in [0.4, 0.5) is 0 Å². The lowest BCUT2D eigenvalue weighted by molar-refractivity contribution is 0.242. The summed E-state index contributed by atoms with van der Waals surface area (Å²) in [6.07, 6.45) is 8.26. The summed E-state index contributed by atoms with van der Waals surface area (Å²) in [6, 6.07) is 11.2. The van der Waals surface area contributed by atoms with Gasteiger partial charge in [-0.3, -0.25) is 9.88 Å². The zero-order chi connectivity index (χ0) is 19.7. The fourth-order valence-electron chi connectivity index (χ4n) is 4.45. The van der Waals surface area contributed by atoms with Crippen molar-refractivity contribution >= 4 is 10.9 Å². The van der Waals surface area contributed by atoms with Gasteiger partial charge in [0.25, 0.3) is 0 Å². The van der Waals surface area contributed by atoms with E-state index >= 15 is 0 Å². The Morgan fingerprint density at radius 1 is 1.21 bits per heavy atom. The molecule has 4 rings (SSSR count). The van der Waals surface area contributed by atoms with E-state index in [4.69, 9.17) is 10.5 Å². The summed E-state index contributed by atoms with van der Waals surface area (Å²) in [6.45, 7) is 4.30. The number of nitrogens with zero attached hydrogens (tertiary/aromatic N) is 3. The molecule has 5 heteroatoms. The first-order valence-corrected chi connectivity index (χ1v) is 10.1. The lowest BCUT2D eigenvalue weighted by Crippen LogP contribution is -2.34. The molecule has 3 aromatic rings. The third-order valence-corrected chi connectivity index (χ3v) is 6.25. The molecule has 0 unspecified atom stereocenters. The number of benzene rings is 1. The van der Waals surface area contributed by atoms with Crippen LogP contribution in [0.2, 0.25) is 0 Å². The number of pyridine rings is 1. The summed E-state index contributed by atoms with van der Waals surface area (Å²) in [5, 5.41) is 1.28. The SMILES string of the molecule is COc1ccc(CC[C@@H](C)N2C[C@@H](N)[C@H](c3cn(C)c4cnccc34)C2)cc1. The number of hydrogen-bond donors (Lipinski definition) is 1. The zero-order valence-electron chi connectivity index (χ0n) is 17.0. The van der Waals surface area contributed by atoms with Crippen molar-refractivity contribution in [2.75, 3.05) is 20.2 Å². The lowest BCUT2D eigenvalue weighted by atomic mass is 9.95. The van der Waals surface area contributed by atoms with Gasteiger partial charge in [-0.2, -0.15) is 0 Å². The van der Waals surface area contributed by atoms with Crippen molar-refractivity contribution in [3.8, 4) is 5.75 Å². The van der Waals surface area contributed by atoms with E-state index in [-0.39, 0.29) is 6.04 Å². The molecule has 5 nitrogen and oxygen atoms in total. The fourth-order valence-corrected chi connectivity index (χ4v) is 4.45. The van der Waals surface area contributed by atoms with Crippen molar-refractivity contribution in [3.63, 3.8) is 0 Å². The summed E-state index contributed by atoms with van der Waals surface area (Å²) in [7, 11) is 3.79. The minimum Gasteiger partial charge on any atom is -0.497 e. The largest absolute Gasteiger partial charge is 0.497 e. The quantitative estimate of drug-likeness (QED) is 0.715. The molecule has 1 saturated heterocycles. The molecule has 1 fully saturated rings. The van der Waals surface area contributed by atoms with E-state index in [0.717, 1.165) is 31.7 Å². The molecule has 28 heavy (non-hydrogen) atoms. The molecule has 0 aliphatic carbocycles. The van der Waals surface area contributed by atoms with Crippen LogP contribution in [0.15, 0.2) is 48.9 Å². The van der Waals surface area contributed by atoms with Crippen LogP contribution in [0, 0.1) is 0 Å². The predicted molar refractivity (Wildman–Crippen MR) is 114 cm³/mol. The number of hydrogen-bond acceptors (Lipinski definition) is 4. The number of fused-ring (bicyclic) bond motifs is 1. The molecule has 0 saturated carbocycles. The summed E-state index contributed by atoms with van der Waals surface area (Å²) in [4.78, 5) is 6.82. The molecule has 2 N–H and O–H groups in total. The van der Waals surface area contributed by atoms with Gasteiger partial charge in [0.15, 0.2) is 0 Å². The Labute approximate surface area is 167 Å². The molecule has 0 spiro atoms. The molecule has 2 aromatic heterocycles. The van der Waals surface area contributed by atoms with Crippen molar-refractivity contribution in [2.24, 2.45) is 12.8 Å². The maximum absolute atomic E-state index is 6.60. The Balaban J connectivity index is 1.42. The molecule has 3 atom stereocenters. The Morgan fingerprint density at radius 3 is 2.75 bits per heavy atom. The summed E-state index contributed by atoms with van der Waals surface area (Å²) >= 11 is 0. The highest BCUT2D eigenvalue weighted by molar-refractivity contribution is 5.83. The highest BCUT2D eigenvalue weighted by atomic mass is 16.5. The van der Waals surface area contributed by atoms with Crippen LogP contribution in [0.1, 0.15) is 30.4 Å². The summed E-state index contributed by atoms with van der Waals surface area (Å²) < 4.78 is 7.41. The van der Waals surface area contributed by atoms with Crippen molar-refractivity contribution in [3.05, 3.63) is 60.0 Å². The van der Waals surface area contributed by atoms with Crippen LogP contribution in [0.5, 0.6) is 5.75 Å². The van der Waals surface area contributed by atoms with Crippen LogP contribution >= 0.6 is 0 Å². The molecule has 0 radical (unpaired) electrons. The summed E-state index contributed by atoms with van der Waals surface area (Å²) in [5.74, 6) is 1.28. The van der Waals surface area contributed by atoms with E-state index in [1.807, 2.05) is 24.5 Å². The average Bonchev–Trinajstić information content (AvgIpc) is 3.27. The molecular weight excluding hydrogens is 348 g/mol. The number of ether oxygens (including phenoxy) is 1. The minimum absolute atomic E-state index is 0.169.